The second kappa shape index (κ2) is 6.06. The molecule has 0 radical (unpaired) electrons. The van der Waals surface area contributed by atoms with Crippen LogP contribution in [0.3, 0.4) is 0 Å². The summed E-state index contributed by atoms with van der Waals surface area (Å²) in [6.07, 6.45) is 6.71. The molecule has 3 N–H and O–H groups in total. The third kappa shape index (κ3) is 3.26. The molecule has 1 aromatic heterocycles. The average molecular weight is 265 g/mol. The lowest BCUT2D eigenvalue weighted by Gasteiger charge is -2.23. The number of nitrogens with two attached hydrogens (primary N) is 1. The van der Waals surface area contributed by atoms with Gasteiger partial charge in [0.2, 0.25) is 0 Å². The maximum Gasteiger partial charge on any atom is 0.256 e. The zero-order valence-electron chi connectivity index (χ0n) is 11.7. The minimum atomic E-state index is -0.148. The molecule has 0 unspecified atom stereocenters. The summed E-state index contributed by atoms with van der Waals surface area (Å²) >= 11 is 0. The minimum absolute atomic E-state index is 0.148. The average Bonchev–Trinajstić information content (AvgIpc) is 3.01. The van der Waals surface area contributed by atoms with Crippen molar-refractivity contribution in [3.8, 4) is 0 Å². The van der Waals surface area contributed by atoms with Gasteiger partial charge in [0.15, 0.2) is 0 Å². The van der Waals surface area contributed by atoms with Crippen molar-refractivity contribution in [3.05, 3.63) is 11.8 Å². The van der Waals surface area contributed by atoms with Crippen LogP contribution in [0.25, 0.3) is 0 Å². The van der Waals surface area contributed by atoms with E-state index in [0.717, 1.165) is 6.54 Å². The van der Waals surface area contributed by atoms with Crippen LogP contribution in [0.2, 0.25) is 0 Å². The normalized spacial score (nSPS) is 16.2. The molecule has 6 nitrogen and oxygen atoms in total. The summed E-state index contributed by atoms with van der Waals surface area (Å²) in [6.45, 7) is 1.51. The van der Waals surface area contributed by atoms with Gasteiger partial charge in [0.05, 0.1) is 6.20 Å². The highest BCUT2D eigenvalue weighted by Gasteiger charge is 2.19. The third-order valence-electron chi connectivity index (χ3n) is 3.93. The van der Waals surface area contributed by atoms with Gasteiger partial charge < -0.3 is 16.0 Å². The Morgan fingerprint density at radius 3 is 2.84 bits per heavy atom. The van der Waals surface area contributed by atoms with E-state index in [2.05, 4.69) is 22.4 Å². The predicted octanol–water partition coefficient (Wildman–Crippen LogP) is 0.607. The number of nitrogens with one attached hydrogen (secondary N) is 1. The quantitative estimate of drug-likeness (QED) is 0.817. The Labute approximate surface area is 113 Å². The highest BCUT2D eigenvalue weighted by molar-refractivity contribution is 5.98. The molecule has 1 saturated carbocycles. The predicted molar refractivity (Wildman–Crippen MR) is 74.8 cm³/mol. The van der Waals surface area contributed by atoms with Crippen molar-refractivity contribution in [1.82, 2.24) is 20.0 Å². The molecule has 2 rings (SSSR count). The highest BCUT2D eigenvalue weighted by atomic mass is 16.1. The summed E-state index contributed by atoms with van der Waals surface area (Å²) in [5.41, 5.74) is 6.21. The number of hydrogen-bond acceptors (Lipinski definition) is 4. The van der Waals surface area contributed by atoms with E-state index in [0.29, 0.717) is 24.0 Å². The van der Waals surface area contributed by atoms with Gasteiger partial charge in [-0.3, -0.25) is 9.48 Å². The lowest BCUT2D eigenvalue weighted by Crippen LogP contribution is -2.37. The van der Waals surface area contributed by atoms with Gasteiger partial charge in [-0.05, 0) is 19.9 Å². The zero-order chi connectivity index (χ0) is 13.8. The first kappa shape index (κ1) is 13.9. The maximum absolute atomic E-state index is 11.9. The molecule has 1 aromatic rings. The lowest BCUT2D eigenvalue weighted by atomic mass is 10.2. The Bertz CT molecular complexity index is 436. The fourth-order valence-corrected chi connectivity index (χ4v) is 2.59. The van der Waals surface area contributed by atoms with Crippen LogP contribution in [0.4, 0.5) is 5.82 Å². The molecule has 1 aliphatic rings. The Hall–Kier alpha value is -1.56. The number of rotatable bonds is 5. The Kier molecular flexibility index (Phi) is 4.42. The van der Waals surface area contributed by atoms with Crippen molar-refractivity contribution < 1.29 is 4.79 Å². The maximum atomic E-state index is 11.9. The molecule has 0 aliphatic heterocycles. The van der Waals surface area contributed by atoms with Crippen LogP contribution >= 0.6 is 0 Å². The van der Waals surface area contributed by atoms with E-state index in [1.54, 1.807) is 7.05 Å². The molecule has 0 bridgehead atoms. The monoisotopic (exact) mass is 265 g/mol. The van der Waals surface area contributed by atoms with E-state index in [4.69, 9.17) is 5.73 Å². The van der Waals surface area contributed by atoms with Crippen LogP contribution in [-0.4, -0.2) is 46.8 Å². The smallest absolute Gasteiger partial charge is 0.256 e. The third-order valence-corrected chi connectivity index (χ3v) is 3.93. The Morgan fingerprint density at radius 1 is 1.58 bits per heavy atom. The number of carbonyl (C=O) groups is 1. The first-order chi connectivity index (χ1) is 9.09. The largest absolute Gasteiger partial charge is 0.383 e. The topological polar surface area (TPSA) is 76.2 Å². The van der Waals surface area contributed by atoms with Crippen molar-refractivity contribution in [2.75, 3.05) is 25.9 Å². The van der Waals surface area contributed by atoms with Gasteiger partial charge in [-0.1, -0.05) is 12.8 Å². The number of nitrogens with zero attached hydrogens (tertiary/aromatic N) is 3. The minimum Gasteiger partial charge on any atom is -0.383 e. The van der Waals surface area contributed by atoms with E-state index >= 15 is 0 Å². The molecule has 1 heterocycles. The second-order valence-corrected chi connectivity index (χ2v) is 5.24. The van der Waals surface area contributed by atoms with Gasteiger partial charge >= 0.3 is 0 Å². The molecule has 0 aromatic carbocycles. The van der Waals surface area contributed by atoms with Gasteiger partial charge in [0.1, 0.15) is 11.4 Å². The van der Waals surface area contributed by atoms with Gasteiger partial charge in [0, 0.05) is 26.2 Å². The van der Waals surface area contributed by atoms with Gasteiger partial charge in [-0.2, -0.15) is 5.10 Å². The number of hydrogen-bond donors (Lipinski definition) is 2. The number of amides is 1. The summed E-state index contributed by atoms with van der Waals surface area (Å²) < 4.78 is 1.50. The van der Waals surface area contributed by atoms with Gasteiger partial charge in [-0.15, -0.1) is 0 Å². The molecular weight excluding hydrogens is 242 g/mol. The van der Waals surface area contributed by atoms with Crippen LogP contribution in [0.1, 0.15) is 36.0 Å². The number of likely N-dealkylation sites (N-methyl/N-ethyl adjacent to an activating group) is 1. The van der Waals surface area contributed by atoms with E-state index in [1.165, 1.54) is 36.6 Å². The fourth-order valence-electron chi connectivity index (χ4n) is 2.59. The molecule has 1 amide bonds. The molecule has 19 heavy (non-hydrogen) atoms. The van der Waals surface area contributed by atoms with Crippen molar-refractivity contribution in [3.63, 3.8) is 0 Å². The molecule has 1 fully saturated rings. The molecule has 106 valence electrons. The number of nitrogen functional groups attached to an aromatic ring is 1. The fraction of sp³-hybridized carbons (Fsp3) is 0.692. The summed E-state index contributed by atoms with van der Waals surface area (Å²) in [5.74, 6) is 0.257. The zero-order valence-corrected chi connectivity index (χ0v) is 11.7. The van der Waals surface area contributed by atoms with E-state index < -0.39 is 0 Å². The van der Waals surface area contributed by atoms with Crippen molar-refractivity contribution in [1.29, 1.82) is 0 Å². The van der Waals surface area contributed by atoms with Crippen LogP contribution in [0.5, 0.6) is 0 Å². The number of aromatic nitrogens is 2. The van der Waals surface area contributed by atoms with Crippen molar-refractivity contribution >= 4 is 11.7 Å². The summed E-state index contributed by atoms with van der Waals surface area (Å²) in [4.78, 5) is 14.3. The SMILES string of the molecule is CN(CCNC(=O)c1cnn(C)c1N)C1CCCC1. The Morgan fingerprint density at radius 2 is 2.26 bits per heavy atom. The number of anilines is 1. The highest BCUT2D eigenvalue weighted by Crippen LogP contribution is 2.21. The summed E-state index contributed by atoms with van der Waals surface area (Å²) in [6, 6.07) is 0.681. The van der Waals surface area contributed by atoms with E-state index in [-0.39, 0.29) is 5.91 Å². The molecular formula is C13H23N5O. The number of aryl methyl sites for hydroxylation is 1. The molecule has 0 spiro atoms. The van der Waals surface area contributed by atoms with Crippen LogP contribution in [-0.2, 0) is 7.05 Å². The lowest BCUT2D eigenvalue weighted by molar-refractivity contribution is 0.0948. The molecule has 1 aliphatic carbocycles. The standard InChI is InChI=1S/C13H23N5O/c1-17(10-5-3-4-6-10)8-7-15-13(19)11-9-16-18(2)12(11)14/h9-10H,3-8,14H2,1-2H3,(H,15,19). The molecule has 0 atom stereocenters. The van der Waals surface area contributed by atoms with Crippen LogP contribution < -0.4 is 11.1 Å². The first-order valence-electron chi connectivity index (χ1n) is 6.85. The van der Waals surface area contributed by atoms with Crippen molar-refractivity contribution in [2.24, 2.45) is 7.05 Å². The van der Waals surface area contributed by atoms with Crippen molar-refractivity contribution in [2.45, 2.75) is 31.7 Å². The second-order valence-electron chi connectivity index (χ2n) is 5.24. The number of carbonyl (C=O) groups excluding carboxylic acids is 1. The van der Waals surface area contributed by atoms with Gasteiger partial charge in [-0.25, -0.2) is 0 Å². The summed E-state index contributed by atoms with van der Waals surface area (Å²) in [7, 11) is 3.85. The van der Waals surface area contributed by atoms with Gasteiger partial charge in [0.25, 0.3) is 5.91 Å². The molecule has 6 heteroatoms. The van der Waals surface area contributed by atoms with E-state index in [1.807, 2.05) is 0 Å². The Balaban J connectivity index is 1.76. The molecule has 0 saturated heterocycles. The summed E-state index contributed by atoms with van der Waals surface area (Å²) in [5, 5.41) is 6.86. The van der Waals surface area contributed by atoms with E-state index in [9.17, 15) is 4.79 Å². The van der Waals surface area contributed by atoms with Crippen LogP contribution in [0, 0.1) is 0 Å². The van der Waals surface area contributed by atoms with Crippen LogP contribution in [0.15, 0.2) is 6.20 Å². The first-order valence-corrected chi connectivity index (χ1v) is 6.85.